The molecular weight excluding hydrogens is 274 g/mol. The Hall–Kier alpha value is -1.66. The fourth-order valence-corrected chi connectivity index (χ4v) is 3.58. The third-order valence-corrected chi connectivity index (χ3v) is 5.24. The molecule has 2 N–H and O–H groups in total. The fraction of sp³-hybridized carbons (Fsp3) is 0.357. The van der Waals surface area contributed by atoms with Gasteiger partial charge < -0.3 is 5.32 Å². The highest BCUT2D eigenvalue weighted by Gasteiger charge is 2.41. The summed E-state index contributed by atoms with van der Waals surface area (Å²) in [4.78, 5) is 4.67. The number of aromatic nitrogens is 1. The predicted molar refractivity (Wildman–Crippen MR) is 79.3 cm³/mol. The van der Waals surface area contributed by atoms with Crippen LogP contribution in [0.15, 0.2) is 35.2 Å². The molecule has 1 aromatic carbocycles. The van der Waals surface area contributed by atoms with Gasteiger partial charge in [0.25, 0.3) is 0 Å². The maximum atomic E-state index is 12.3. The maximum Gasteiger partial charge on any atom is 0.241 e. The summed E-state index contributed by atoms with van der Waals surface area (Å²) in [5.41, 5.74) is 0.510. The summed E-state index contributed by atoms with van der Waals surface area (Å²) in [5, 5.41) is 3.77. The lowest BCUT2D eigenvalue weighted by Gasteiger charge is -2.12. The van der Waals surface area contributed by atoms with Crippen molar-refractivity contribution in [2.75, 3.05) is 12.4 Å². The minimum Gasteiger partial charge on any atom is -0.373 e. The molecule has 0 aliphatic heterocycles. The van der Waals surface area contributed by atoms with Gasteiger partial charge in [0.1, 0.15) is 5.82 Å². The Morgan fingerprint density at radius 3 is 2.60 bits per heavy atom. The SMILES string of the molecule is CNc1ccc2cc(S(=O)(=O)NC3(C)CC3)ccc2n1. The number of nitrogens with zero attached hydrogens (tertiary/aromatic N) is 1. The molecule has 3 rings (SSSR count). The number of benzene rings is 1. The summed E-state index contributed by atoms with van der Waals surface area (Å²) in [6, 6.07) is 8.69. The monoisotopic (exact) mass is 291 g/mol. The van der Waals surface area contributed by atoms with E-state index in [2.05, 4.69) is 15.0 Å². The second kappa shape index (κ2) is 4.43. The standard InChI is InChI=1S/C14H17N3O2S/c1-14(7-8-14)17-20(18,19)11-4-5-12-10(9-11)3-6-13(15-2)16-12/h3-6,9,17H,7-8H2,1-2H3,(H,15,16). The third-order valence-electron chi connectivity index (χ3n) is 3.61. The van der Waals surface area contributed by atoms with Crippen molar-refractivity contribution in [1.29, 1.82) is 0 Å². The highest BCUT2D eigenvalue weighted by molar-refractivity contribution is 7.89. The van der Waals surface area contributed by atoms with Gasteiger partial charge in [0.15, 0.2) is 0 Å². The lowest BCUT2D eigenvalue weighted by molar-refractivity contribution is 0.558. The topological polar surface area (TPSA) is 71.1 Å². The molecule has 5 nitrogen and oxygen atoms in total. The summed E-state index contributed by atoms with van der Waals surface area (Å²) >= 11 is 0. The van der Waals surface area contributed by atoms with Crippen molar-refractivity contribution in [2.45, 2.75) is 30.2 Å². The smallest absolute Gasteiger partial charge is 0.241 e. The normalized spacial score (nSPS) is 17.1. The first kappa shape index (κ1) is 13.3. The summed E-state index contributed by atoms with van der Waals surface area (Å²) in [6.07, 6.45) is 1.79. The third kappa shape index (κ3) is 2.48. The van der Waals surface area contributed by atoms with Crippen molar-refractivity contribution in [1.82, 2.24) is 9.71 Å². The quantitative estimate of drug-likeness (QED) is 0.905. The second-order valence-corrected chi connectivity index (χ2v) is 7.15. The van der Waals surface area contributed by atoms with E-state index in [0.717, 1.165) is 29.6 Å². The largest absolute Gasteiger partial charge is 0.373 e. The van der Waals surface area contributed by atoms with E-state index in [9.17, 15) is 8.42 Å². The molecule has 0 atom stereocenters. The van der Waals surface area contributed by atoms with E-state index in [0.29, 0.717) is 0 Å². The molecule has 0 amide bonds. The van der Waals surface area contributed by atoms with E-state index >= 15 is 0 Å². The fourth-order valence-electron chi connectivity index (χ4n) is 2.08. The predicted octanol–water partition coefficient (Wildman–Crippen LogP) is 2.11. The summed E-state index contributed by atoms with van der Waals surface area (Å²) in [7, 11) is -1.66. The molecule has 0 radical (unpaired) electrons. The Bertz CT molecular complexity index is 767. The molecule has 6 heteroatoms. The molecule has 20 heavy (non-hydrogen) atoms. The van der Waals surface area contributed by atoms with E-state index in [1.807, 2.05) is 19.1 Å². The van der Waals surface area contributed by atoms with Crippen LogP contribution in [0.3, 0.4) is 0 Å². The molecule has 106 valence electrons. The first-order chi connectivity index (χ1) is 9.42. The van der Waals surface area contributed by atoms with Crippen LogP contribution in [0.2, 0.25) is 0 Å². The van der Waals surface area contributed by atoms with Crippen LogP contribution in [0.5, 0.6) is 0 Å². The zero-order chi connectivity index (χ0) is 14.4. The Morgan fingerprint density at radius 2 is 1.95 bits per heavy atom. The molecule has 1 fully saturated rings. The molecule has 1 aliphatic carbocycles. The lowest BCUT2D eigenvalue weighted by Crippen LogP contribution is -2.34. The van der Waals surface area contributed by atoms with Gasteiger partial charge in [-0.2, -0.15) is 0 Å². The average Bonchev–Trinajstić information content (AvgIpc) is 3.13. The number of sulfonamides is 1. The molecule has 0 unspecified atom stereocenters. The lowest BCUT2D eigenvalue weighted by atomic mass is 10.2. The number of hydrogen-bond acceptors (Lipinski definition) is 4. The van der Waals surface area contributed by atoms with Crippen molar-refractivity contribution >= 4 is 26.7 Å². The minimum absolute atomic E-state index is 0.262. The van der Waals surface area contributed by atoms with E-state index < -0.39 is 10.0 Å². The Kier molecular flexibility index (Phi) is 2.95. The number of pyridine rings is 1. The Morgan fingerprint density at radius 1 is 1.20 bits per heavy atom. The Labute approximate surface area is 118 Å². The molecule has 0 spiro atoms. The van der Waals surface area contributed by atoms with Crippen molar-refractivity contribution in [3.8, 4) is 0 Å². The zero-order valence-electron chi connectivity index (χ0n) is 11.5. The van der Waals surface area contributed by atoms with Crippen LogP contribution in [0.25, 0.3) is 10.9 Å². The Balaban J connectivity index is 2.00. The highest BCUT2D eigenvalue weighted by Crippen LogP contribution is 2.36. The van der Waals surface area contributed by atoms with E-state index in [1.165, 1.54) is 0 Å². The van der Waals surface area contributed by atoms with Gasteiger partial charge in [-0.1, -0.05) is 0 Å². The maximum absolute atomic E-state index is 12.3. The first-order valence-electron chi connectivity index (χ1n) is 6.54. The van der Waals surface area contributed by atoms with Crippen LogP contribution in [-0.2, 0) is 10.0 Å². The molecule has 1 heterocycles. The number of hydrogen-bond donors (Lipinski definition) is 2. The van der Waals surface area contributed by atoms with Gasteiger partial charge in [-0.15, -0.1) is 0 Å². The van der Waals surface area contributed by atoms with Gasteiger partial charge in [-0.25, -0.2) is 18.1 Å². The molecule has 1 saturated carbocycles. The first-order valence-corrected chi connectivity index (χ1v) is 8.03. The van der Waals surface area contributed by atoms with Crippen LogP contribution in [-0.4, -0.2) is 26.0 Å². The second-order valence-electron chi connectivity index (χ2n) is 5.47. The van der Waals surface area contributed by atoms with Crippen LogP contribution >= 0.6 is 0 Å². The van der Waals surface area contributed by atoms with E-state index in [4.69, 9.17) is 0 Å². The van der Waals surface area contributed by atoms with Gasteiger partial charge in [0.2, 0.25) is 10.0 Å². The summed E-state index contributed by atoms with van der Waals surface area (Å²) in [5.74, 6) is 0.761. The van der Waals surface area contributed by atoms with Gasteiger partial charge >= 0.3 is 0 Å². The molecule has 0 bridgehead atoms. The van der Waals surface area contributed by atoms with Crippen LogP contribution < -0.4 is 10.0 Å². The van der Waals surface area contributed by atoms with Crippen molar-refractivity contribution in [2.24, 2.45) is 0 Å². The summed E-state index contributed by atoms with van der Waals surface area (Å²) in [6.45, 7) is 1.92. The van der Waals surface area contributed by atoms with Gasteiger partial charge in [-0.05, 0) is 50.1 Å². The number of rotatable bonds is 4. The summed E-state index contributed by atoms with van der Waals surface area (Å²) < 4.78 is 27.4. The number of nitrogens with one attached hydrogen (secondary N) is 2. The van der Waals surface area contributed by atoms with E-state index in [-0.39, 0.29) is 10.4 Å². The van der Waals surface area contributed by atoms with Crippen molar-refractivity contribution in [3.05, 3.63) is 30.3 Å². The van der Waals surface area contributed by atoms with Crippen LogP contribution in [0, 0.1) is 0 Å². The zero-order valence-corrected chi connectivity index (χ0v) is 12.3. The average molecular weight is 291 g/mol. The van der Waals surface area contributed by atoms with Crippen molar-refractivity contribution in [3.63, 3.8) is 0 Å². The van der Waals surface area contributed by atoms with Crippen LogP contribution in [0.4, 0.5) is 5.82 Å². The van der Waals surface area contributed by atoms with Crippen LogP contribution in [0.1, 0.15) is 19.8 Å². The molecular formula is C14H17N3O2S. The molecule has 1 aromatic heterocycles. The number of anilines is 1. The molecule has 2 aromatic rings. The number of fused-ring (bicyclic) bond motifs is 1. The van der Waals surface area contributed by atoms with E-state index in [1.54, 1.807) is 25.2 Å². The van der Waals surface area contributed by atoms with Gasteiger partial charge in [0.05, 0.1) is 10.4 Å². The van der Waals surface area contributed by atoms with Gasteiger partial charge in [-0.3, -0.25) is 0 Å². The van der Waals surface area contributed by atoms with Gasteiger partial charge in [0, 0.05) is 18.0 Å². The highest BCUT2D eigenvalue weighted by atomic mass is 32.2. The molecule has 1 aliphatic rings. The minimum atomic E-state index is -3.46. The van der Waals surface area contributed by atoms with Crippen molar-refractivity contribution < 1.29 is 8.42 Å². The molecule has 0 saturated heterocycles.